The van der Waals surface area contributed by atoms with E-state index in [0.717, 1.165) is 11.8 Å². The van der Waals surface area contributed by atoms with E-state index in [2.05, 4.69) is 25.7 Å². The third-order valence-electron chi connectivity index (χ3n) is 6.13. The minimum absolute atomic E-state index is 0.521. The highest BCUT2D eigenvalue weighted by molar-refractivity contribution is 5.02. The molecule has 0 aromatic heterocycles. The van der Waals surface area contributed by atoms with Gasteiger partial charge < -0.3 is 0 Å². The summed E-state index contributed by atoms with van der Waals surface area (Å²) in [6.07, 6.45) is 17.3. The lowest BCUT2D eigenvalue weighted by Gasteiger charge is -2.40. The van der Waals surface area contributed by atoms with Crippen molar-refractivity contribution in [3.63, 3.8) is 0 Å². The third-order valence-corrected chi connectivity index (χ3v) is 6.13. The van der Waals surface area contributed by atoms with Crippen LogP contribution in [-0.4, -0.2) is 23.5 Å². The average molecular weight is 294 g/mol. The van der Waals surface area contributed by atoms with Crippen LogP contribution in [0.1, 0.15) is 97.8 Å². The summed E-state index contributed by atoms with van der Waals surface area (Å²) in [6, 6.07) is 0. The van der Waals surface area contributed by atoms with Crippen molar-refractivity contribution < 1.29 is 0 Å². The molecule has 1 nitrogen and oxygen atoms in total. The monoisotopic (exact) mass is 293 g/mol. The molecule has 1 saturated carbocycles. The molecule has 1 heteroatoms. The number of hydrogen-bond acceptors (Lipinski definition) is 1. The van der Waals surface area contributed by atoms with Gasteiger partial charge >= 0.3 is 0 Å². The predicted octanol–water partition coefficient (Wildman–Crippen LogP) is 6.03. The first kappa shape index (κ1) is 17.3. The van der Waals surface area contributed by atoms with Gasteiger partial charge in [0.05, 0.1) is 0 Å². The van der Waals surface area contributed by atoms with Crippen LogP contribution in [-0.2, 0) is 0 Å². The first-order valence-electron chi connectivity index (χ1n) is 9.94. The Bertz CT molecular complexity index is 278. The fourth-order valence-corrected chi connectivity index (χ4v) is 4.32. The molecule has 1 aliphatic heterocycles. The van der Waals surface area contributed by atoms with Gasteiger partial charge in [-0.1, -0.05) is 71.6 Å². The van der Waals surface area contributed by atoms with Gasteiger partial charge in [0.25, 0.3) is 0 Å². The highest BCUT2D eigenvalue weighted by atomic mass is 15.2. The molecule has 2 fully saturated rings. The molecule has 0 aromatic rings. The molecule has 0 radical (unpaired) electrons. The van der Waals surface area contributed by atoms with E-state index in [4.69, 9.17) is 0 Å². The summed E-state index contributed by atoms with van der Waals surface area (Å²) in [6.45, 7) is 10.1. The fraction of sp³-hybridized carbons (Fsp3) is 1.00. The van der Waals surface area contributed by atoms with Crippen LogP contribution in [0.15, 0.2) is 0 Å². The van der Waals surface area contributed by atoms with Gasteiger partial charge in [0.1, 0.15) is 0 Å². The SMILES string of the molecule is CCCCCCCC(C)(CCCCCC)N1CC2CC2C1. The highest BCUT2D eigenvalue weighted by Gasteiger charge is 2.49. The second-order valence-corrected chi connectivity index (χ2v) is 8.13. The Kier molecular flexibility index (Phi) is 7.05. The molecule has 2 aliphatic rings. The van der Waals surface area contributed by atoms with Gasteiger partial charge in [-0.25, -0.2) is 0 Å². The van der Waals surface area contributed by atoms with Crippen LogP contribution in [0.2, 0.25) is 0 Å². The summed E-state index contributed by atoms with van der Waals surface area (Å²) in [5.41, 5.74) is 0.521. The van der Waals surface area contributed by atoms with Crippen molar-refractivity contribution in [2.24, 2.45) is 11.8 Å². The summed E-state index contributed by atoms with van der Waals surface area (Å²) in [5.74, 6) is 2.17. The topological polar surface area (TPSA) is 3.24 Å². The Balaban J connectivity index is 1.74. The minimum atomic E-state index is 0.521. The Hall–Kier alpha value is -0.0400. The number of piperidine rings is 1. The van der Waals surface area contributed by atoms with Crippen LogP contribution in [0.25, 0.3) is 0 Å². The molecule has 0 N–H and O–H groups in total. The molecule has 1 heterocycles. The van der Waals surface area contributed by atoms with Gasteiger partial charge in [-0.3, -0.25) is 4.90 Å². The zero-order valence-corrected chi connectivity index (χ0v) is 15.0. The normalized spacial score (nSPS) is 27.6. The van der Waals surface area contributed by atoms with E-state index in [1.165, 1.54) is 83.7 Å². The largest absolute Gasteiger partial charge is 0.297 e. The molecule has 0 aromatic carbocycles. The van der Waals surface area contributed by atoms with E-state index >= 15 is 0 Å². The molecular formula is C20H39N. The number of unbranched alkanes of at least 4 members (excludes halogenated alkanes) is 7. The molecule has 3 unspecified atom stereocenters. The van der Waals surface area contributed by atoms with Crippen LogP contribution in [0.3, 0.4) is 0 Å². The number of hydrogen-bond donors (Lipinski definition) is 0. The molecule has 3 atom stereocenters. The molecule has 0 bridgehead atoms. The number of nitrogens with zero attached hydrogens (tertiary/aromatic N) is 1. The van der Waals surface area contributed by atoms with Crippen LogP contribution in [0.4, 0.5) is 0 Å². The first-order valence-corrected chi connectivity index (χ1v) is 9.94. The summed E-state index contributed by atoms with van der Waals surface area (Å²) < 4.78 is 0. The van der Waals surface area contributed by atoms with E-state index in [9.17, 15) is 0 Å². The molecule has 2 rings (SSSR count). The van der Waals surface area contributed by atoms with Crippen LogP contribution in [0.5, 0.6) is 0 Å². The molecule has 0 spiro atoms. The quantitative estimate of drug-likeness (QED) is 0.397. The molecular weight excluding hydrogens is 254 g/mol. The van der Waals surface area contributed by atoms with Crippen LogP contribution in [0, 0.1) is 11.8 Å². The summed E-state index contributed by atoms with van der Waals surface area (Å²) >= 11 is 0. The predicted molar refractivity (Wildman–Crippen MR) is 93.7 cm³/mol. The lowest BCUT2D eigenvalue weighted by Crippen LogP contribution is -2.46. The van der Waals surface area contributed by atoms with E-state index in [-0.39, 0.29) is 0 Å². The number of fused-ring (bicyclic) bond motifs is 1. The van der Waals surface area contributed by atoms with Crippen molar-refractivity contribution in [1.82, 2.24) is 4.90 Å². The van der Waals surface area contributed by atoms with Crippen molar-refractivity contribution in [3.8, 4) is 0 Å². The van der Waals surface area contributed by atoms with Gasteiger partial charge in [-0.15, -0.1) is 0 Å². The highest BCUT2D eigenvalue weighted by Crippen LogP contribution is 2.48. The second-order valence-electron chi connectivity index (χ2n) is 8.13. The average Bonchev–Trinajstić information content (AvgIpc) is 3.09. The Morgan fingerprint density at radius 2 is 1.24 bits per heavy atom. The Morgan fingerprint density at radius 1 is 0.762 bits per heavy atom. The number of rotatable bonds is 12. The van der Waals surface area contributed by atoms with Crippen LogP contribution < -0.4 is 0 Å². The van der Waals surface area contributed by atoms with Gasteiger partial charge in [0.15, 0.2) is 0 Å². The maximum atomic E-state index is 2.89. The van der Waals surface area contributed by atoms with Crippen molar-refractivity contribution >= 4 is 0 Å². The maximum Gasteiger partial charge on any atom is 0.0181 e. The van der Waals surface area contributed by atoms with Crippen molar-refractivity contribution in [2.75, 3.05) is 13.1 Å². The van der Waals surface area contributed by atoms with Crippen LogP contribution >= 0.6 is 0 Å². The molecule has 1 saturated heterocycles. The fourth-order valence-electron chi connectivity index (χ4n) is 4.32. The molecule has 124 valence electrons. The third kappa shape index (κ3) is 5.27. The zero-order chi connectivity index (χ0) is 15.1. The van der Waals surface area contributed by atoms with Gasteiger partial charge in [0.2, 0.25) is 0 Å². The minimum Gasteiger partial charge on any atom is -0.297 e. The smallest absolute Gasteiger partial charge is 0.0181 e. The summed E-state index contributed by atoms with van der Waals surface area (Å²) in [5, 5.41) is 0. The van der Waals surface area contributed by atoms with Gasteiger partial charge in [0, 0.05) is 18.6 Å². The Morgan fingerprint density at radius 3 is 1.76 bits per heavy atom. The molecule has 1 aliphatic carbocycles. The lowest BCUT2D eigenvalue weighted by molar-refractivity contribution is 0.0937. The molecule has 0 amide bonds. The van der Waals surface area contributed by atoms with Crippen molar-refractivity contribution in [1.29, 1.82) is 0 Å². The zero-order valence-electron chi connectivity index (χ0n) is 15.0. The van der Waals surface area contributed by atoms with E-state index in [1.54, 1.807) is 6.42 Å². The van der Waals surface area contributed by atoms with Crippen molar-refractivity contribution in [2.45, 2.75) is 103 Å². The standard InChI is InChI=1S/C20H39N/c1-4-6-8-10-12-14-20(3,13-11-9-7-5-2)21-16-18-15-19(18)17-21/h18-19H,4-17H2,1-3H3. The first-order chi connectivity index (χ1) is 10.2. The lowest BCUT2D eigenvalue weighted by atomic mass is 9.86. The van der Waals surface area contributed by atoms with Gasteiger partial charge in [-0.2, -0.15) is 0 Å². The summed E-state index contributed by atoms with van der Waals surface area (Å²) in [4.78, 5) is 2.89. The Labute approximate surface area is 133 Å². The van der Waals surface area contributed by atoms with E-state index in [1.807, 2.05) is 0 Å². The molecule has 21 heavy (non-hydrogen) atoms. The number of likely N-dealkylation sites (tertiary alicyclic amines) is 1. The van der Waals surface area contributed by atoms with E-state index < -0.39 is 0 Å². The second kappa shape index (κ2) is 8.56. The summed E-state index contributed by atoms with van der Waals surface area (Å²) in [7, 11) is 0. The maximum absolute atomic E-state index is 2.89. The van der Waals surface area contributed by atoms with E-state index in [0.29, 0.717) is 5.54 Å². The van der Waals surface area contributed by atoms with Crippen molar-refractivity contribution in [3.05, 3.63) is 0 Å². The van der Waals surface area contributed by atoms with Gasteiger partial charge in [-0.05, 0) is 38.0 Å².